The van der Waals surface area contributed by atoms with Crippen LogP contribution < -0.4 is 0 Å². The van der Waals surface area contributed by atoms with E-state index in [-0.39, 0.29) is 12.7 Å². The van der Waals surface area contributed by atoms with E-state index in [0.29, 0.717) is 6.61 Å². The van der Waals surface area contributed by atoms with Gasteiger partial charge in [-0.1, -0.05) is 0 Å². The highest BCUT2D eigenvalue weighted by atomic mass is 16.8. The molecule has 2 fully saturated rings. The third-order valence-electron chi connectivity index (χ3n) is 3.13. The van der Waals surface area contributed by atoms with Gasteiger partial charge in [-0.25, -0.2) is 0 Å². The molecule has 2 saturated heterocycles. The number of ether oxygens (including phenoxy) is 4. The van der Waals surface area contributed by atoms with E-state index in [1.165, 1.54) is 0 Å². The van der Waals surface area contributed by atoms with Crippen molar-refractivity contribution in [1.29, 1.82) is 0 Å². The summed E-state index contributed by atoms with van der Waals surface area (Å²) in [6.45, 7) is 7.19. The summed E-state index contributed by atoms with van der Waals surface area (Å²) in [6.07, 6.45) is -2.38. The monoisotopic (exact) mass is 262 g/mol. The minimum atomic E-state index is -0.996. The van der Waals surface area contributed by atoms with Gasteiger partial charge in [0.2, 0.25) is 0 Å². The van der Waals surface area contributed by atoms with Crippen molar-refractivity contribution in [2.24, 2.45) is 0 Å². The Morgan fingerprint density at radius 3 is 2.28 bits per heavy atom. The Hall–Kier alpha value is -0.240. The lowest BCUT2D eigenvalue weighted by Crippen LogP contribution is -2.45. The van der Waals surface area contributed by atoms with Gasteiger partial charge in [-0.3, -0.25) is 0 Å². The summed E-state index contributed by atoms with van der Waals surface area (Å²) in [5, 5.41) is 18.9. The first-order valence-electron chi connectivity index (χ1n) is 6.20. The van der Waals surface area contributed by atoms with E-state index in [1.807, 2.05) is 13.8 Å². The van der Waals surface area contributed by atoms with Crippen LogP contribution in [0.15, 0.2) is 0 Å². The SMILES string of the molecule is CC1(C)O[C@H]([C@@H](O)CO)[C@@H]([C@H]2COC(C)(C)O2)O1. The summed E-state index contributed by atoms with van der Waals surface area (Å²) in [5.41, 5.74) is 0. The molecule has 0 aromatic carbocycles. The molecule has 106 valence electrons. The van der Waals surface area contributed by atoms with Gasteiger partial charge in [-0.05, 0) is 27.7 Å². The van der Waals surface area contributed by atoms with E-state index in [0.717, 1.165) is 0 Å². The predicted molar refractivity (Wildman–Crippen MR) is 61.8 cm³/mol. The standard InChI is InChI=1S/C12H22O6/c1-11(2)15-6-8(16-11)10-9(7(14)5-13)17-12(3,4)18-10/h7-10,13-14H,5-6H2,1-4H3/t7-,8+,9+,10+/m0/s1. The van der Waals surface area contributed by atoms with Crippen LogP contribution in [0.2, 0.25) is 0 Å². The molecule has 0 amide bonds. The third kappa shape index (κ3) is 2.84. The van der Waals surface area contributed by atoms with Gasteiger partial charge in [-0.15, -0.1) is 0 Å². The van der Waals surface area contributed by atoms with E-state index in [1.54, 1.807) is 13.8 Å². The molecular formula is C12H22O6. The van der Waals surface area contributed by atoms with Crippen molar-refractivity contribution in [2.75, 3.05) is 13.2 Å². The van der Waals surface area contributed by atoms with Crippen molar-refractivity contribution in [3.05, 3.63) is 0 Å². The maximum Gasteiger partial charge on any atom is 0.164 e. The molecule has 2 heterocycles. The zero-order valence-electron chi connectivity index (χ0n) is 11.3. The quantitative estimate of drug-likeness (QED) is 0.746. The topological polar surface area (TPSA) is 77.4 Å². The lowest BCUT2D eigenvalue weighted by Gasteiger charge is -2.25. The number of aliphatic hydroxyl groups is 2. The van der Waals surface area contributed by atoms with Crippen LogP contribution in [0.4, 0.5) is 0 Å². The Balaban J connectivity index is 2.10. The molecule has 2 aliphatic heterocycles. The van der Waals surface area contributed by atoms with Gasteiger partial charge in [0.15, 0.2) is 11.6 Å². The summed E-state index contributed by atoms with van der Waals surface area (Å²) in [6, 6.07) is 0. The van der Waals surface area contributed by atoms with Gasteiger partial charge in [0.1, 0.15) is 24.4 Å². The molecule has 0 unspecified atom stereocenters. The van der Waals surface area contributed by atoms with Gasteiger partial charge in [0.05, 0.1) is 13.2 Å². The number of aliphatic hydroxyl groups excluding tert-OH is 2. The highest BCUT2D eigenvalue weighted by Crippen LogP contribution is 2.36. The molecule has 2 aliphatic rings. The molecule has 0 saturated carbocycles. The van der Waals surface area contributed by atoms with Crippen molar-refractivity contribution >= 4 is 0 Å². The Bertz CT molecular complexity index is 303. The maximum absolute atomic E-state index is 9.80. The van der Waals surface area contributed by atoms with E-state index in [2.05, 4.69) is 0 Å². The fourth-order valence-electron chi connectivity index (χ4n) is 2.38. The molecule has 2 N–H and O–H groups in total. The molecular weight excluding hydrogens is 240 g/mol. The van der Waals surface area contributed by atoms with Crippen LogP contribution in [-0.4, -0.2) is 59.4 Å². The maximum atomic E-state index is 9.80. The van der Waals surface area contributed by atoms with Crippen LogP contribution >= 0.6 is 0 Å². The molecule has 6 heteroatoms. The lowest BCUT2D eigenvalue weighted by molar-refractivity contribution is -0.175. The average Bonchev–Trinajstić information content (AvgIpc) is 2.77. The normalized spacial score (nSPS) is 40.0. The second-order valence-electron chi connectivity index (χ2n) is 5.68. The lowest BCUT2D eigenvalue weighted by atomic mass is 10.0. The van der Waals surface area contributed by atoms with Crippen molar-refractivity contribution in [3.8, 4) is 0 Å². The summed E-state index contributed by atoms with van der Waals surface area (Å²) in [5.74, 6) is -1.46. The summed E-state index contributed by atoms with van der Waals surface area (Å²) < 4.78 is 22.6. The van der Waals surface area contributed by atoms with Gasteiger partial charge >= 0.3 is 0 Å². The third-order valence-corrected chi connectivity index (χ3v) is 3.13. The second-order valence-corrected chi connectivity index (χ2v) is 5.68. The predicted octanol–water partition coefficient (Wildman–Crippen LogP) is 0.0112. The Kier molecular flexibility index (Phi) is 3.70. The first-order chi connectivity index (χ1) is 8.24. The minimum Gasteiger partial charge on any atom is -0.394 e. The van der Waals surface area contributed by atoms with Gasteiger partial charge < -0.3 is 29.2 Å². The zero-order chi connectivity index (χ0) is 13.6. The highest BCUT2D eigenvalue weighted by molar-refractivity contribution is 4.93. The fraction of sp³-hybridized carbons (Fsp3) is 1.00. The van der Waals surface area contributed by atoms with Crippen LogP contribution in [-0.2, 0) is 18.9 Å². The van der Waals surface area contributed by atoms with E-state index < -0.39 is 29.9 Å². The summed E-state index contributed by atoms with van der Waals surface area (Å²) in [7, 11) is 0. The van der Waals surface area contributed by atoms with Crippen LogP contribution in [0, 0.1) is 0 Å². The van der Waals surface area contributed by atoms with E-state index >= 15 is 0 Å². The molecule has 0 spiro atoms. The smallest absolute Gasteiger partial charge is 0.164 e. The van der Waals surface area contributed by atoms with E-state index in [9.17, 15) is 5.11 Å². The Morgan fingerprint density at radius 1 is 1.11 bits per heavy atom. The second kappa shape index (κ2) is 4.70. The fourth-order valence-corrected chi connectivity index (χ4v) is 2.38. The summed E-state index contributed by atoms with van der Waals surface area (Å²) >= 11 is 0. The van der Waals surface area contributed by atoms with Gasteiger partial charge in [0.25, 0.3) is 0 Å². The van der Waals surface area contributed by atoms with Crippen molar-refractivity contribution in [3.63, 3.8) is 0 Å². The zero-order valence-corrected chi connectivity index (χ0v) is 11.3. The van der Waals surface area contributed by atoms with Crippen LogP contribution in [0.1, 0.15) is 27.7 Å². The first kappa shape index (κ1) is 14.2. The molecule has 0 aromatic heterocycles. The molecule has 0 bridgehead atoms. The van der Waals surface area contributed by atoms with Crippen molar-refractivity contribution in [1.82, 2.24) is 0 Å². The first-order valence-corrected chi connectivity index (χ1v) is 6.20. The highest BCUT2D eigenvalue weighted by Gasteiger charge is 2.51. The summed E-state index contributed by atoms with van der Waals surface area (Å²) in [4.78, 5) is 0. The Morgan fingerprint density at radius 2 is 1.78 bits per heavy atom. The van der Waals surface area contributed by atoms with Crippen molar-refractivity contribution < 1.29 is 29.2 Å². The molecule has 6 nitrogen and oxygen atoms in total. The molecule has 18 heavy (non-hydrogen) atoms. The molecule has 0 aliphatic carbocycles. The van der Waals surface area contributed by atoms with Crippen LogP contribution in [0.5, 0.6) is 0 Å². The average molecular weight is 262 g/mol. The number of hydrogen-bond donors (Lipinski definition) is 2. The molecule has 4 atom stereocenters. The molecule has 2 rings (SSSR count). The number of hydrogen-bond acceptors (Lipinski definition) is 6. The largest absolute Gasteiger partial charge is 0.394 e. The van der Waals surface area contributed by atoms with Crippen molar-refractivity contribution in [2.45, 2.75) is 63.7 Å². The van der Waals surface area contributed by atoms with E-state index in [4.69, 9.17) is 24.1 Å². The number of rotatable bonds is 3. The van der Waals surface area contributed by atoms with Crippen LogP contribution in [0.25, 0.3) is 0 Å². The molecule has 0 radical (unpaired) electrons. The van der Waals surface area contributed by atoms with Crippen LogP contribution in [0.3, 0.4) is 0 Å². The van der Waals surface area contributed by atoms with Gasteiger partial charge in [-0.2, -0.15) is 0 Å². The Labute approximate surface area is 107 Å². The minimum absolute atomic E-state index is 0.312. The van der Waals surface area contributed by atoms with Gasteiger partial charge in [0, 0.05) is 0 Å². The molecule has 0 aromatic rings.